The summed E-state index contributed by atoms with van der Waals surface area (Å²) < 4.78 is 0. The predicted octanol–water partition coefficient (Wildman–Crippen LogP) is 0.776. The predicted molar refractivity (Wildman–Crippen MR) is 39.6 cm³/mol. The minimum atomic E-state index is 0.0775. The summed E-state index contributed by atoms with van der Waals surface area (Å²) in [4.78, 5) is 0. The van der Waals surface area contributed by atoms with Gasteiger partial charge in [0, 0.05) is 7.11 Å². The van der Waals surface area contributed by atoms with E-state index in [1.54, 1.807) is 0 Å². The molecule has 0 aromatic rings. The number of rotatable bonds is 0. The molecule has 2 heteroatoms. The Kier molecular flexibility index (Phi) is 2.69. The van der Waals surface area contributed by atoms with Crippen molar-refractivity contribution in [3.05, 3.63) is 0 Å². The third-order valence-corrected chi connectivity index (χ3v) is 2.70. The molecular formula is C8H16O2. The van der Waals surface area contributed by atoms with Crippen molar-refractivity contribution >= 4 is 0 Å². The van der Waals surface area contributed by atoms with Crippen LogP contribution in [0, 0.1) is 11.8 Å². The van der Waals surface area contributed by atoms with Gasteiger partial charge in [-0.1, -0.05) is 0 Å². The van der Waals surface area contributed by atoms with E-state index in [2.05, 4.69) is 0 Å². The van der Waals surface area contributed by atoms with Crippen LogP contribution in [0.3, 0.4) is 0 Å². The van der Waals surface area contributed by atoms with E-state index in [0.717, 1.165) is 19.4 Å². The Morgan fingerprint density at radius 2 is 1.80 bits per heavy atom. The van der Waals surface area contributed by atoms with Gasteiger partial charge in [0.2, 0.25) is 0 Å². The number of aliphatic hydroxyl groups excluding tert-OH is 2. The molecule has 2 aliphatic carbocycles. The maximum absolute atomic E-state index is 9.22. The average Bonchev–Trinajstić information content (AvgIpc) is 2.52. The minimum Gasteiger partial charge on any atom is -0.400 e. The number of aliphatic hydroxyl groups is 2. The van der Waals surface area contributed by atoms with Crippen molar-refractivity contribution in [3.8, 4) is 0 Å². The minimum absolute atomic E-state index is 0.0775. The molecule has 0 amide bonds. The zero-order valence-corrected chi connectivity index (χ0v) is 6.45. The highest BCUT2D eigenvalue weighted by Crippen LogP contribution is 2.44. The molecule has 0 radical (unpaired) electrons. The lowest BCUT2D eigenvalue weighted by molar-refractivity contribution is 0.113. The Morgan fingerprint density at radius 3 is 2.00 bits per heavy atom. The largest absolute Gasteiger partial charge is 0.400 e. The van der Waals surface area contributed by atoms with Crippen molar-refractivity contribution in [2.24, 2.45) is 11.8 Å². The number of fused-ring (bicyclic) bond motifs is 2. The van der Waals surface area contributed by atoms with Gasteiger partial charge in [0.1, 0.15) is 0 Å². The molecule has 0 heterocycles. The van der Waals surface area contributed by atoms with E-state index in [9.17, 15) is 5.11 Å². The first-order chi connectivity index (χ1) is 4.86. The molecule has 0 spiro atoms. The summed E-state index contributed by atoms with van der Waals surface area (Å²) in [5.74, 6) is 1.59. The molecule has 2 bridgehead atoms. The van der Waals surface area contributed by atoms with Gasteiger partial charge in [-0.05, 0) is 37.5 Å². The van der Waals surface area contributed by atoms with Crippen molar-refractivity contribution < 1.29 is 10.2 Å². The first kappa shape index (κ1) is 8.02. The molecule has 2 saturated carbocycles. The molecule has 3 unspecified atom stereocenters. The van der Waals surface area contributed by atoms with Crippen molar-refractivity contribution in [2.45, 2.75) is 31.8 Å². The standard InChI is InChI=1S/C7H12O.CH4O/c8-7-4-5-1-2-6(7)3-5;1-2/h5-8H,1-4H2;2H,1H3. The molecule has 3 atom stereocenters. The van der Waals surface area contributed by atoms with Crippen LogP contribution in [0.1, 0.15) is 25.7 Å². The van der Waals surface area contributed by atoms with E-state index in [1.165, 1.54) is 19.3 Å². The molecule has 2 aliphatic rings. The van der Waals surface area contributed by atoms with Crippen molar-refractivity contribution in [2.75, 3.05) is 7.11 Å². The second-order valence-electron chi connectivity index (χ2n) is 3.24. The van der Waals surface area contributed by atoms with Gasteiger partial charge in [-0.15, -0.1) is 0 Å². The van der Waals surface area contributed by atoms with Gasteiger partial charge in [-0.25, -0.2) is 0 Å². The fourth-order valence-corrected chi connectivity index (χ4v) is 2.21. The molecule has 0 saturated heterocycles. The van der Waals surface area contributed by atoms with Crippen molar-refractivity contribution in [1.29, 1.82) is 0 Å². The lowest BCUT2D eigenvalue weighted by atomic mass is 9.98. The van der Waals surface area contributed by atoms with Crippen LogP contribution in [-0.2, 0) is 0 Å². The summed E-state index contributed by atoms with van der Waals surface area (Å²) in [6.07, 6.45) is 5.19. The summed E-state index contributed by atoms with van der Waals surface area (Å²) in [6, 6.07) is 0. The smallest absolute Gasteiger partial charge is 0.0571 e. The Hall–Kier alpha value is -0.0800. The zero-order valence-electron chi connectivity index (χ0n) is 6.45. The molecule has 2 fully saturated rings. The van der Waals surface area contributed by atoms with Gasteiger partial charge in [0.15, 0.2) is 0 Å². The lowest BCUT2D eigenvalue weighted by Gasteiger charge is -2.14. The van der Waals surface area contributed by atoms with Gasteiger partial charge in [-0.3, -0.25) is 0 Å². The molecule has 0 aromatic heterocycles. The average molecular weight is 144 g/mol. The van der Waals surface area contributed by atoms with Gasteiger partial charge in [0.25, 0.3) is 0 Å². The molecule has 2 rings (SSSR count). The van der Waals surface area contributed by atoms with Crippen LogP contribution in [0.5, 0.6) is 0 Å². The molecular weight excluding hydrogens is 128 g/mol. The maximum atomic E-state index is 9.22. The third kappa shape index (κ3) is 1.32. The molecule has 2 N–H and O–H groups in total. The zero-order chi connectivity index (χ0) is 7.56. The van der Waals surface area contributed by atoms with E-state index in [1.807, 2.05) is 0 Å². The van der Waals surface area contributed by atoms with E-state index < -0.39 is 0 Å². The second-order valence-corrected chi connectivity index (χ2v) is 3.24. The Bertz CT molecular complexity index is 101. The van der Waals surface area contributed by atoms with E-state index >= 15 is 0 Å². The normalized spacial score (nSPS) is 42.9. The summed E-state index contributed by atoms with van der Waals surface area (Å²) in [6.45, 7) is 0. The van der Waals surface area contributed by atoms with Crippen LogP contribution in [0.4, 0.5) is 0 Å². The van der Waals surface area contributed by atoms with Gasteiger partial charge in [0.05, 0.1) is 6.10 Å². The fraction of sp³-hybridized carbons (Fsp3) is 1.00. The van der Waals surface area contributed by atoms with Gasteiger partial charge >= 0.3 is 0 Å². The number of hydrogen-bond donors (Lipinski definition) is 2. The summed E-state index contributed by atoms with van der Waals surface area (Å²) in [7, 11) is 1.00. The van der Waals surface area contributed by atoms with Crippen molar-refractivity contribution in [3.63, 3.8) is 0 Å². The Balaban J connectivity index is 0.000000231. The summed E-state index contributed by atoms with van der Waals surface area (Å²) >= 11 is 0. The first-order valence-corrected chi connectivity index (χ1v) is 3.99. The molecule has 0 aromatic carbocycles. The van der Waals surface area contributed by atoms with E-state index in [4.69, 9.17) is 5.11 Å². The molecule has 60 valence electrons. The van der Waals surface area contributed by atoms with E-state index in [-0.39, 0.29) is 6.10 Å². The van der Waals surface area contributed by atoms with Crippen LogP contribution in [-0.4, -0.2) is 23.4 Å². The van der Waals surface area contributed by atoms with Crippen LogP contribution in [0.15, 0.2) is 0 Å². The molecule has 0 aliphatic heterocycles. The van der Waals surface area contributed by atoms with Gasteiger partial charge in [-0.2, -0.15) is 0 Å². The first-order valence-electron chi connectivity index (χ1n) is 3.99. The highest BCUT2D eigenvalue weighted by Gasteiger charge is 2.38. The lowest BCUT2D eigenvalue weighted by Crippen LogP contribution is -2.14. The van der Waals surface area contributed by atoms with E-state index in [0.29, 0.717) is 5.92 Å². The topological polar surface area (TPSA) is 40.5 Å². The van der Waals surface area contributed by atoms with Crippen LogP contribution < -0.4 is 0 Å². The monoisotopic (exact) mass is 144 g/mol. The summed E-state index contributed by atoms with van der Waals surface area (Å²) in [5.41, 5.74) is 0. The Labute approximate surface area is 61.9 Å². The molecule has 10 heavy (non-hydrogen) atoms. The van der Waals surface area contributed by atoms with Crippen LogP contribution >= 0.6 is 0 Å². The van der Waals surface area contributed by atoms with Crippen LogP contribution in [0.2, 0.25) is 0 Å². The molecule has 2 nitrogen and oxygen atoms in total. The quantitative estimate of drug-likeness (QED) is 0.527. The highest BCUT2D eigenvalue weighted by atomic mass is 16.3. The summed E-state index contributed by atoms with van der Waals surface area (Å²) in [5, 5.41) is 16.2. The Morgan fingerprint density at radius 1 is 1.10 bits per heavy atom. The van der Waals surface area contributed by atoms with Crippen LogP contribution in [0.25, 0.3) is 0 Å². The highest BCUT2D eigenvalue weighted by molar-refractivity contribution is 4.89. The second kappa shape index (κ2) is 3.35. The number of hydrogen-bond acceptors (Lipinski definition) is 2. The maximum Gasteiger partial charge on any atom is 0.0571 e. The van der Waals surface area contributed by atoms with Gasteiger partial charge < -0.3 is 10.2 Å². The third-order valence-electron chi connectivity index (χ3n) is 2.70. The van der Waals surface area contributed by atoms with Crippen molar-refractivity contribution in [1.82, 2.24) is 0 Å². The SMILES string of the molecule is CO.OC1CC2CCC1C2. The fourth-order valence-electron chi connectivity index (χ4n) is 2.21.